The zero-order chi connectivity index (χ0) is 24.5. The third kappa shape index (κ3) is 5.04. The molecule has 4 rings (SSSR count). The number of amides is 1. The lowest BCUT2D eigenvalue weighted by Crippen LogP contribution is -2.39. The summed E-state index contributed by atoms with van der Waals surface area (Å²) < 4.78 is 30.8. The summed E-state index contributed by atoms with van der Waals surface area (Å²) in [5.41, 5.74) is 2.73. The van der Waals surface area contributed by atoms with Crippen molar-refractivity contribution >= 4 is 37.5 Å². The summed E-state index contributed by atoms with van der Waals surface area (Å²) in [4.78, 5) is 18.3. The van der Waals surface area contributed by atoms with Gasteiger partial charge in [-0.15, -0.1) is 0 Å². The standard InChI is InChI=1S/C26H33N3O3S2/c1-5-14-29-23-13-10-21(18(2)3)16-24(23)33-26(29)27-25(30)20-8-11-22(12-9-20)34(31,32)28-15-6-7-19(4)17-28/h8-13,16,18-19H,5-7,14-15,17H2,1-4H3. The molecule has 3 aromatic rings. The molecule has 0 aliphatic carbocycles. The number of nitrogens with zero attached hydrogens (tertiary/aromatic N) is 3. The van der Waals surface area contributed by atoms with Crippen molar-refractivity contribution in [3.63, 3.8) is 0 Å². The number of benzene rings is 2. The number of aromatic nitrogens is 1. The van der Waals surface area contributed by atoms with Crippen LogP contribution >= 0.6 is 11.3 Å². The molecule has 0 radical (unpaired) electrons. The average molecular weight is 500 g/mol. The maximum absolute atomic E-state index is 13.0. The van der Waals surface area contributed by atoms with Crippen molar-refractivity contribution in [3.8, 4) is 0 Å². The number of rotatable bonds is 6. The third-order valence-corrected chi connectivity index (χ3v) is 9.30. The minimum absolute atomic E-state index is 0.224. The first-order chi connectivity index (χ1) is 16.2. The van der Waals surface area contributed by atoms with E-state index in [-0.39, 0.29) is 10.8 Å². The van der Waals surface area contributed by atoms with Gasteiger partial charge in [0.2, 0.25) is 10.0 Å². The Kier molecular flexibility index (Phi) is 7.40. The van der Waals surface area contributed by atoms with E-state index in [1.54, 1.807) is 16.4 Å². The molecule has 0 saturated carbocycles. The molecule has 34 heavy (non-hydrogen) atoms. The molecule has 8 heteroatoms. The quantitative estimate of drug-likeness (QED) is 0.456. The molecule has 1 aliphatic heterocycles. The highest BCUT2D eigenvalue weighted by Crippen LogP contribution is 2.25. The number of hydrogen-bond donors (Lipinski definition) is 0. The van der Waals surface area contributed by atoms with E-state index in [9.17, 15) is 13.2 Å². The van der Waals surface area contributed by atoms with E-state index >= 15 is 0 Å². The largest absolute Gasteiger partial charge is 0.316 e. The van der Waals surface area contributed by atoms with Crippen LogP contribution in [0, 0.1) is 5.92 Å². The summed E-state index contributed by atoms with van der Waals surface area (Å²) in [6.07, 6.45) is 2.86. The Labute approximate surface area is 206 Å². The first-order valence-electron chi connectivity index (χ1n) is 12.0. The monoisotopic (exact) mass is 499 g/mol. The number of sulfonamides is 1. The fourth-order valence-corrected chi connectivity index (χ4v) is 7.11. The molecule has 1 saturated heterocycles. The van der Waals surface area contributed by atoms with Crippen LogP contribution in [0.15, 0.2) is 52.4 Å². The van der Waals surface area contributed by atoms with E-state index in [2.05, 4.69) is 55.5 Å². The summed E-state index contributed by atoms with van der Waals surface area (Å²) in [5, 5.41) is 0. The molecule has 1 fully saturated rings. The van der Waals surface area contributed by atoms with E-state index < -0.39 is 10.0 Å². The molecule has 0 spiro atoms. The number of fused-ring (bicyclic) bond motifs is 1. The smallest absolute Gasteiger partial charge is 0.279 e. The van der Waals surface area contributed by atoms with E-state index in [0.29, 0.717) is 35.3 Å². The zero-order valence-electron chi connectivity index (χ0n) is 20.3. The Hall–Kier alpha value is -2.29. The molecule has 1 unspecified atom stereocenters. The first kappa shape index (κ1) is 24.8. The van der Waals surface area contributed by atoms with E-state index in [0.717, 1.165) is 36.0 Å². The van der Waals surface area contributed by atoms with Crippen LogP contribution in [0.4, 0.5) is 0 Å². The normalized spacial score (nSPS) is 18.1. The van der Waals surface area contributed by atoms with Crippen molar-refractivity contribution < 1.29 is 13.2 Å². The number of thiazole rings is 1. The molecule has 1 amide bonds. The molecule has 0 bridgehead atoms. The van der Waals surface area contributed by atoms with Gasteiger partial charge in [0.25, 0.3) is 5.91 Å². The molecule has 0 N–H and O–H groups in total. The lowest BCUT2D eigenvalue weighted by atomic mass is 10.0. The predicted molar refractivity (Wildman–Crippen MR) is 138 cm³/mol. The van der Waals surface area contributed by atoms with Crippen LogP contribution in [-0.4, -0.2) is 36.3 Å². The van der Waals surface area contributed by atoms with Crippen LogP contribution in [0.5, 0.6) is 0 Å². The SMILES string of the molecule is CCCn1c(=NC(=O)c2ccc(S(=O)(=O)N3CCCC(C)C3)cc2)sc2cc(C(C)C)ccc21. The molecule has 6 nitrogen and oxygen atoms in total. The van der Waals surface area contributed by atoms with Gasteiger partial charge in [0, 0.05) is 25.2 Å². The summed E-state index contributed by atoms with van der Waals surface area (Å²) in [6.45, 7) is 10.4. The van der Waals surface area contributed by atoms with Gasteiger partial charge in [-0.05, 0) is 73.1 Å². The fourth-order valence-electron chi connectivity index (χ4n) is 4.41. The highest BCUT2D eigenvalue weighted by Gasteiger charge is 2.28. The van der Waals surface area contributed by atoms with Crippen molar-refractivity contribution in [3.05, 3.63) is 58.4 Å². The van der Waals surface area contributed by atoms with Crippen molar-refractivity contribution in [2.24, 2.45) is 10.9 Å². The van der Waals surface area contributed by atoms with Gasteiger partial charge in [0.15, 0.2) is 4.80 Å². The van der Waals surface area contributed by atoms with Gasteiger partial charge in [-0.3, -0.25) is 4.79 Å². The molecule has 2 heterocycles. The molecule has 1 aromatic heterocycles. The van der Waals surface area contributed by atoms with Crippen molar-refractivity contribution in [2.75, 3.05) is 13.1 Å². The Morgan fingerprint density at radius 3 is 2.56 bits per heavy atom. The maximum atomic E-state index is 13.0. The van der Waals surface area contributed by atoms with E-state index in [4.69, 9.17) is 0 Å². The summed E-state index contributed by atoms with van der Waals surface area (Å²) in [5.74, 6) is 0.419. The zero-order valence-corrected chi connectivity index (χ0v) is 22.0. The Morgan fingerprint density at radius 1 is 1.18 bits per heavy atom. The van der Waals surface area contributed by atoms with Gasteiger partial charge in [-0.25, -0.2) is 8.42 Å². The van der Waals surface area contributed by atoms with Crippen LogP contribution in [-0.2, 0) is 16.6 Å². The molecule has 1 aliphatic rings. The third-order valence-electron chi connectivity index (χ3n) is 6.38. The Bertz CT molecular complexity index is 1350. The molecular weight excluding hydrogens is 466 g/mol. The summed E-state index contributed by atoms with van der Waals surface area (Å²) in [7, 11) is -3.55. The second kappa shape index (κ2) is 10.1. The lowest BCUT2D eigenvalue weighted by molar-refractivity contribution is 0.0997. The summed E-state index contributed by atoms with van der Waals surface area (Å²) in [6, 6.07) is 12.6. The van der Waals surface area contributed by atoms with Crippen LogP contribution in [0.25, 0.3) is 10.2 Å². The van der Waals surface area contributed by atoms with Crippen LogP contribution < -0.4 is 4.80 Å². The van der Waals surface area contributed by atoms with Gasteiger partial charge >= 0.3 is 0 Å². The van der Waals surface area contributed by atoms with Crippen LogP contribution in [0.1, 0.15) is 68.8 Å². The first-order valence-corrected chi connectivity index (χ1v) is 14.3. The van der Waals surface area contributed by atoms with Gasteiger partial charge in [0.1, 0.15) is 0 Å². The van der Waals surface area contributed by atoms with Gasteiger partial charge in [-0.1, -0.05) is 45.1 Å². The molecule has 2 aromatic carbocycles. The number of carbonyl (C=O) groups excluding carboxylic acids is 1. The topological polar surface area (TPSA) is 71.7 Å². The maximum Gasteiger partial charge on any atom is 0.279 e. The van der Waals surface area contributed by atoms with Crippen molar-refractivity contribution in [1.29, 1.82) is 0 Å². The number of aryl methyl sites for hydroxylation is 1. The van der Waals surface area contributed by atoms with Gasteiger partial charge < -0.3 is 4.57 Å². The van der Waals surface area contributed by atoms with Gasteiger partial charge in [0.05, 0.1) is 15.1 Å². The van der Waals surface area contributed by atoms with Crippen LogP contribution in [0.2, 0.25) is 0 Å². The van der Waals surface area contributed by atoms with E-state index in [1.165, 1.54) is 29.0 Å². The second-order valence-electron chi connectivity index (χ2n) is 9.47. The lowest BCUT2D eigenvalue weighted by Gasteiger charge is -2.30. The number of piperidine rings is 1. The minimum Gasteiger partial charge on any atom is -0.316 e. The molecule has 1 atom stereocenters. The van der Waals surface area contributed by atoms with Crippen LogP contribution in [0.3, 0.4) is 0 Å². The minimum atomic E-state index is -3.55. The molecule has 182 valence electrons. The fraction of sp³-hybridized carbons (Fsp3) is 0.462. The van der Waals surface area contributed by atoms with Crippen molar-refractivity contribution in [1.82, 2.24) is 8.87 Å². The van der Waals surface area contributed by atoms with Gasteiger partial charge in [-0.2, -0.15) is 9.30 Å². The number of hydrogen-bond acceptors (Lipinski definition) is 4. The average Bonchev–Trinajstić information content (AvgIpc) is 3.15. The second-order valence-corrected chi connectivity index (χ2v) is 12.4. The summed E-state index contributed by atoms with van der Waals surface area (Å²) >= 11 is 1.52. The Balaban J connectivity index is 1.64. The highest BCUT2D eigenvalue weighted by atomic mass is 32.2. The molecular formula is C26H33N3O3S2. The van der Waals surface area contributed by atoms with E-state index in [1.807, 2.05) is 0 Å². The highest BCUT2D eigenvalue weighted by molar-refractivity contribution is 7.89. The van der Waals surface area contributed by atoms with Crippen molar-refractivity contribution in [2.45, 2.75) is 64.3 Å². The number of carbonyl (C=O) groups is 1. The Morgan fingerprint density at radius 2 is 1.91 bits per heavy atom. The predicted octanol–water partition coefficient (Wildman–Crippen LogP) is 5.40.